The summed E-state index contributed by atoms with van der Waals surface area (Å²) in [6.45, 7) is 1.05. The van der Waals surface area contributed by atoms with Crippen LogP contribution in [0, 0.1) is 0 Å². The molecule has 0 radical (unpaired) electrons. The topological polar surface area (TPSA) is 52.7 Å². The normalized spacial score (nSPS) is 22.3. The van der Waals surface area contributed by atoms with Gasteiger partial charge in [0, 0.05) is 22.7 Å². The second kappa shape index (κ2) is 9.07. The maximum atomic E-state index is 14.1. The quantitative estimate of drug-likeness (QED) is 0.361. The SMILES string of the molecule is O=C1N[C@@](Cc2ccccc2)(c2ccccc2)C(=O)N1CN1CCc2sccc2[C@@H]1c1cccs1. The Hall–Kier alpha value is -3.26. The molecule has 0 spiro atoms. The molecule has 35 heavy (non-hydrogen) atoms. The molecule has 0 saturated carbocycles. The number of nitrogens with zero attached hydrogens (tertiary/aromatic N) is 2. The van der Waals surface area contributed by atoms with Crippen molar-refractivity contribution in [1.29, 1.82) is 0 Å². The van der Waals surface area contributed by atoms with E-state index in [1.807, 2.05) is 60.7 Å². The predicted octanol–water partition coefficient (Wildman–Crippen LogP) is 5.40. The molecule has 7 heteroatoms. The van der Waals surface area contributed by atoms with Crippen LogP contribution >= 0.6 is 22.7 Å². The molecule has 2 aliphatic heterocycles. The fraction of sp³-hybridized carbons (Fsp3) is 0.214. The van der Waals surface area contributed by atoms with Gasteiger partial charge in [-0.05, 0) is 46.0 Å². The van der Waals surface area contributed by atoms with Crippen molar-refractivity contribution in [3.05, 3.63) is 116 Å². The zero-order chi connectivity index (χ0) is 23.8. The van der Waals surface area contributed by atoms with Crippen molar-refractivity contribution in [2.24, 2.45) is 0 Å². The first-order valence-electron chi connectivity index (χ1n) is 11.7. The minimum atomic E-state index is -1.12. The van der Waals surface area contributed by atoms with Gasteiger partial charge in [-0.3, -0.25) is 9.69 Å². The third kappa shape index (κ3) is 3.89. The Bertz CT molecular complexity index is 1340. The Morgan fingerprint density at radius 3 is 2.40 bits per heavy atom. The van der Waals surface area contributed by atoms with Gasteiger partial charge in [0.25, 0.3) is 5.91 Å². The van der Waals surface area contributed by atoms with Crippen LogP contribution in [0.4, 0.5) is 4.79 Å². The molecule has 0 unspecified atom stereocenters. The lowest BCUT2D eigenvalue weighted by atomic mass is 9.83. The van der Waals surface area contributed by atoms with Crippen LogP contribution in [0.2, 0.25) is 0 Å². The van der Waals surface area contributed by atoms with Gasteiger partial charge < -0.3 is 5.32 Å². The van der Waals surface area contributed by atoms with E-state index in [2.05, 4.69) is 39.2 Å². The molecule has 2 aromatic carbocycles. The smallest absolute Gasteiger partial charge is 0.319 e. The van der Waals surface area contributed by atoms with E-state index in [4.69, 9.17) is 0 Å². The van der Waals surface area contributed by atoms with Gasteiger partial charge in [-0.15, -0.1) is 22.7 Å². The highest BCUT2D eigenvalue weighted by molar-refractivity contribution is 7.10. The second-order valence-corrected chi connectivity index (χ2v) is 11.0. The van der Waals surface area contributed by atoms with Crippen LogP contribution in [-0.2, 0) is 23.2 Å². The minimum Gasteiger partial charge on any atom is -0.319 e. The van der Waals surface area contributed by atoms with E-state index in [1.165, 1.54) is 20.2 Å². The molecule has 4 aromatic rings. The molecule has 4 heterocycles. The summed E-state index contributed by atoms with van der Waals surface area (Å²) in [6, 6.07) is 25.6. The van der Waals surface area contributed by atoms with Crippen molar-refractivity contribution in [1.82, 2.24) is 15.1 Å². The number of carbonyl (C=O) groups is 2. The van der Waals surface area contributed by atoms with Gasteiger partial charge in [0.1, 0.15) is 0 Å². The lowest BCUT2D eigenvalue weighted by Crippen LogP contribution is -2.48. The fourth-order valence-corrected chi connectivity index (χ4v) is 7.06. The van der Waals surface area contributed by atoms with Crippen LogP contribution in [0.25, 0.3) is 0 Å². The summed E-state index contributed by atoms with van der Waals surface area (Å²) in [5.41, 5.74) is 1.97. The number of imide groups is 1. The van der Waals surface area contributed by atoms with E-state index in [1.54, 1.807) is 22.7 Å². The first-order valence-corrected chi connectivity index (χ1v) is 13.5. The summed E-state index contributed by atoms with van der Waals surface area (Å²) in [7, 11) is 0. The van der Waals surface area contributed by atoms with Crippen molar-refractivity contribution in [3.63, 3.8) is 0 Å². The van der Waals surface area contributed by atoms with E-state index in [0.717, 1.165) is 24.1 Å². The highest BCUT2D eigenvalue weighted by Crippen LogP contribution is 2.40. The van der Waals surface area contributed by atoms with Crippen LogP contribution in [0.5, 0.6) is 0 Å². The van der Waals surface area contributed by atoms with Crippen LogP contribution in [0.15, 0.2) is 89.6 Å². The summed E-state index contributed by atoms with van der Waals surface area (Å²) >= 11 is 3.51. The van der Waals surface area contributed by atoms with Crippen LogP contribution < -0.4 is 5.32 Å². The Labute approximate surface area is 212 Å². The Balaban J connectivity index is 1.35. The molecule has 2 aromatic heterocycles. The second-order valence-electron chi connectivity index (χ2n) is 9.02. The predicted molar refractivity (Wildman–Crippen MR) is 139 cm³/mol. The fourth-order valence-electron chi connectivity index (χ4n) is 5.28. The molecule has 6 rings (SSSR count). The van der Waals surface area contributed by atoms with Crippen LogP contribution in [0.3, 0.4) is 0 Å². The summed E-state index contributed by atoms with van der Waals surface area (Å²) in [4.78, 5) is 33.8. The molecule has 1 saturated heterocycles. The van der Waals surface area contributed by atoms with E-state index in [-0.39, 0.29) is 24.6 Å². The van der Waals surface area contributed by atoms with Gasteiger partial charge in [0.2, 0.25) is 0 Å². The lowest BCUT2D eigenvalue weighted by Gasteiger charge is -2.37. The molecule has 3 amide bonds. The summed E-state index contributed by atoms with van der Waals surface area (Å²) < 4.78 is 0. The van der Waals surface area contributed by atoms with Crippen molar-refractivity contribution >= 4 is 34.6 Å². The monoisotopic (exact) mass is 499 g/mol. The third-order valence-electron chi connectivity index (χ3n) is 6.96. The molecule has 176 valence electrons. The lowest BCUT2D eigenvalue weighted by molar-refractivity contribution is -0.133. The van der Waals surface area contributed by atoms with Gasteiger partial charge in [-0.2, -0.15) is 0 Å². The number of thiophene rings is 2. The zero-order valence-corrected chi connectivity index (χ0v) is 20.7. The number of benzene rings is 2. The standard InChI is InChI=1S/C28H25N3O2S2/c32-26-28(21-10-5-2-6-11-21,18-20-8-3-1-4-9-20)29-27(33)31(26)19-30-15-13-23-22(14-17-35-23)25(30)24-12-7-16-34-24/h1-12,14,16-17,25H,13,15,18-19H2,(H,29,33)/t25-,28+/m1/s1. The highest BCUT2D eigenvalue weighted by atomic mass is 32.1. The molecule has 1 fully saturated rings. The summed E-state index contributed by atoms with van der Waals surface area (Å²) in [6.07, 6.45) is 1.33. The Kier molecular flexibility index (Phi) is 5.76. The molecular weight excluding hydrogens is 474 g/mol. The van der Waals surface area contributed by atoms with Gasteiger partial charge in [0.15, 0.2) is 5.54 Å². The molecule has 1 N–H and O–H groups in total. The number of urea groups is 1. The molecule has 0 aliphatic carbocycles. The van der Waals surface area contributed by atoms with Crippen molar-refractivity contribution < 1.29 is 9.59 Å². The van der Waals surface area contributed by atoms with Gasteiger partial charge in [0.05, 0.1) is 12.7 Å². The third-order valence-corrected chi connectivity index (χ3v) is 8.88. The average molecular weight is 500 g/mol. The van der Waals surface area contributed by atoms with E-state index in [9.17, 15) is 9.59 Å². The largest absolute Gasteiger partial charge is 0.326 e. The Morgan fingerprint density at radius 2 is 1.66 bits per heavy atom. The maximum absolute atomic E-state index is 14.1. The van der Waals surface area contributed by atoms with E-state index < -0.39 is 5.54 Å². The molecule has 5 nitrogen and oxygen atoms in total. The maximum Gasteiger partial charge on any atom is 0.326 e. The first-order chi connectivity index (χ1) is 17.2. The molecule has 0 bridgehead atoms. The number of nitrogens with one attached hydrogen (secondary N) is 1. The van der Waals surface area contributed by atoms with Gasteiger partial charge >= 0.3 is 6.03 Å². The number of hydrogen-bond donors (Lipinski definition) is 1. The zero-order valence-electron chi connectivity index (χ0n) is 19.1. The number of carbonyl (C=O) groups excluding carboxylic acids is 2. The number of amides is 3. The number of hydrogen-bond acceptors (Lipinski definition) is 5. The molecular formula is C28H25N3O2S2. The van der Waals surface area contributed by atoms with E-state index in [0.29, 0.717) is 6.42 Å². The minimum absolute atomic E-state index is 0.0476. The van der Waals surface area contributed by atoms with Crippen molar-refractivity contribution in [2.75, 3.05) is 13.2 Å². The highest BCUT2D eigenvalue weighted by Gasteiger charge is 2.53. The summed E-state index contributed by atoms with van der Waals surface area (Å²) in [5, 5.41) is 7.33. The van der Waals surface area contributed by atoms with Crippen LogP contribution in [0.1, 0.15) is 32.5 Å². The van der Waals surface area contributed by atoms with Crippen molar-refractivity contribution in [2.45, 2.75) is 24.4 Å². The number of fused-ring (bicyclic) bond motifs is 1. The molecule has 2 atom stereocenters. The van der Waals surface area contributed by atoms with Gasteiger partial charge in [-0.1, -0.05) is 66.7 Å². The Morgan fingerprint density at radius 1 is 0.886 bits per heavy atom. The van der Waals surface area contributed by atoms with Gasteiger partial charge in [-0.25, -0.2) is 9.69 Å². The average Bonchev–Trinajstić information content (AvgIpc) is 3.63. The molecule has 2 aliphatic rings. The first kappa shape index (κ1) is 22.2. The van der Waals surface area contributed by atoms with Crippen LogP contribution in [-0.4, -0.2) is 35.0 Å². The number of rotatable bonds is 6. The summed E-state index contributed by atoms with van der Waals surface area (Å²) in [5.74, 6) is -0.196. The van der Waals surface area contributed by atoms with E-state index >= 15 is 0 Å². The van der Waals surface area contributed by atoms with Crippen molar-refractivity contribution in [3.8, 4) is 0 Å².